The number of thiol groups is 1. The van der Waals surface area contributed by atoms with Gasteiger partial charge in [-0.3, -0.25) is 0 Å². The van der Waals surface area contributed by atoms with Crippen LogP contribution >= 0.6 is 0 Å². The molecule has 0 aromatic heterocycles. The maximum atomic E-state index is 11.0. The third-order valence-corrected chi connectivity index (χ3v) is 4.18. The van der Waals surface area contributed by atoms with Crippen molar-refractivity contribution in [2.75, 3.05) is 0 Å². The molecule has 0 fully saturated rings. The van der Waals surface area contributed by atoms with E-state index in [-0.39, 0.29) is 5.41 Å². The molecule has 3 heteroatoms. The van der Waals surface area contributed by atoms with Gasteiger partial charge in [-0.1, -0.05) is 51.1 Å². The SMILES string of the molecule is Cc1cc([SH](=O)=O)ccc1-c1ccc(C(C)(C)C)cc1. The lowest BCUT2D eigenvalue weighted by Crippen LogP contribution is -2.10. The summed E-state index contributed by atoms with van der Waals surface area (Å²) in [4.78, 5) is 0.368. The van der Waals surface area contributed by atoms with Crippen LogP contribution in [-0.2, 0) is 16.1 Å². The zero-order chi connectivity index (χ0) is 14.9. The summed E-state index contributed by atoms with van der Waals surface area (Å²) in [7, 11) is -2.51. The molecule has 0 radical (unpaired) electrons. The van der Waals surface area contributed by atoms with Crippen LogP contribution in [-0.4, -0.2) is 8.42 Å². The summed E-state index contributed by atoms with van der Waals surface area (Å²) >= 11 is 0. The van der Waals surface area contributed by atoms with Crippen molar-refractivity contribution in [3.63, 3.8) is 0 Å². The molecule has 0 saturated heterocycles. The molecular weight excluding hydrogens is 268 g/mol. The highest BCUT2D eigenvalue weighted by atomic mass is 32.2. The molecule has 20 heavy (non-hydrogen) atoms. The fourth-order valence-electron chi connectivity index (χ4n) is 2.24. The number of aryl methyl sites for hydroxylation is 1. The fourth-order valence-corrected chi connectivity index (χ4v) is 2.73. The Morgan fingerprint density at radius 1 is 0.900 bits per heavy atom. The molecule has 0 aliphatic rings. The van der Waals surface area contributed by atoms with Gasteiger partial charge in [-0.2, -0.15) is 0 Å². The van der Waals surface area contributed by atoms with E-state index in [0.29, 0.717) is 4.90 Å². The summed E-state index contributed by atoms with van der Waals surface area (Å²) in [5, 5.41) is 0. The van der Waals surface area contributed by atoms with Crippen LogP contribution in [0.3, 0.4) is 0 Å². The van der Waals surface area contributed by atoms with Crippen molar-refractivity contribution in [3.8, 4) is 11.1 Å². The van der Waals surface area contributed by atoms with Gasteiger partial charge >= 0.3 is 0 Å². The Hall–Kier alpha value is -1.61. The van der Waals surface area contributed by atoms with Crippen molar-refractivity contribution < 1.29 is 8.42 Å². The van der Waals surface area contributed by atoms with Crippen molar-refractivity contribution in [3.05, 3.63) is 53.6 Å². The van der Waals surface area contributed by atoms with E-state index >= 15 is 0 Å². The Morgan fingerprint density at radius 2 is 1.50 bits per heavy atom. The first-order chi connectivity index (χ1) is 9.29. The van der Waals surface area contributed by atoms with Crippen LogP contribution in [0.15, 0.2) is 47.4 Å². The molecule has 2 aromatic rings. The van der Waals surface area contributed by atoms with Gasteiger partial charge in [-0.15, -0.1) is 0 Å². The molecule has 0 N–H and O–H groups in total. The van der Waals surface area contributed by atoms with E-state index in [9.17, 15) is 8.42 Å². The second-order valence-electron chi connectivity index (χ2n) is 6.08. The molecule has 0 aliphatic carbocycles. The number of benzene rings is 2. The molecule has 2 rings (SSSR count). The predicted molar refractivity (Wildman–Crippen MR) is 83.9 cm³/mol. The lowest BCUT2D eigenvalue weighted by molar-refractivity contribution is 0.590. The van der Waals surface area contributed by atoms with Gasteiger partial charge in [0.25, 0.3) is 0 Å². The van der Waals surface area contributed by atoms with E-state index in [1.165, 1.54) is 5.56 Å². The first-order valence-electron chi connectivity index (χ1n) is 6.65. The molecule has 0 atom stereocenters. The average molecular weight is 288 g/mol. The Bertz CT molecular complexity index is 682. The van der Waals surface area contributed by atoms with Gasteiger partial charge in [0.1, 0.15) is 0 Å². The fraction of sp³-hybridized carbons (Fsp3) is 0.294. The van der Waals surface area contributed by atoms with Gasteiger partial charge in [0.15, 0.2) is 10.7 Å². The monoisotopic (exact) mass is 288 g/mol. The molecular formula is C17H20O2S. The minimum Gasteiger partial charge on any atom is -0.227 e. The Balaban J connectivity index is 2.42. The van der Waals surface area contributed by atoms with Crippen molar-refractivity contribution in [2.24, 2.45) is 0 Å². The lowest BCUT2D eigenvalue weighted by Gasteiger charge is -2.19. The number of rotatable bonds is 2. The van der Waals surface area contributed by atoms with Crippen LogP contribution in [0, 0.1) is 6.92 Å². The molecule has 0 heterocycles. The Labute approximate surface area is 122 Å². The predicted octanol–water partition coefficient (Wildman–Crippen LogP) is 3.93. The van der Waals surface area contributed by atoms with Crippen molar-refractivity contribution in [1.29, 1.82) is 0 Å². The summed E-state index contributed by atoms with van der Waals surface area (Å²) in [5.74, 6) is 0. The van der Waals surface area contributed by atoms with Gasteiger partial charge in [0, 0.05) is 0 Å². The maximum absolute atomic E-state index is 11.0. The summed E-state index contributed by atoms with van der Waals surface area (Å²) in [6.07, 6.45) is 0. The standard InChI is InChI=1S/C17H20O2S/c1-12-11-15(20(18)19)9-10-16(12)13-5-7-14(8-6-13)17(2,3)4/h5-11,20H,1-4H3. The Kier molecular flexibility index (Phi) is 4.00. The average Bonchev–Trinajstić information content (AvgIpc) is 2.37. The third kappa shape index (κ3) is 3.10. The molecule has 106 valence electrons. The van der Waals surface area contributed by atoms with Crippen LogP contribution in [0.1, 0.15) is 31.9 Å². The summed E-state index contributed by atoms with van der Waals surface area (Å²) in [6.45, 7) is 8.50. The van der Waals surface area contributed by atoms with Gasteiger partial charge < -0.3 is 0 Å². The third-order valence-electron chi connectivity index (χ3n) is 3.48. The quantitative estimate of drug-likeness (QED) is 0.850. The molecule has 2 aromatic carbocycles. The largest absolute Gasteiger partial charge is 0.227 e. The van der Waals surface area contributed by atoms with E-state index in [0.717, 1.165) is 16.7 Å². The molecule has 0 spiro atoms. The van der Waals surface area contributed by atoms with Crippen molar-refractivity contribution >= 4 is 10.7 Å². The van der Waals surface area contributed by atoms with Crippen LogP contribution in [0.5, 0.6) is 0 Å². The summed E-state index contributed by atoms with van der Waals surface area (Å²) < 4.78 is 22.0. The first kappa shape index (κ1) is 14.8. The van der Waals surface area contributed by atoms with Gasteiger partial charge in [0.2, 0.25) is 0 Å². The lowest BCUT2D eigenvalue weighted by atomic mass is 9.86. The van der Waals surface area contributed by atoms with Crippen LogP contribution in [0.4, 0.5) is 0 Å². The van der Waals surface area contributed by atoms with Gasteiger partial charge in [-0.05, 0) is 46.7 Å². The first-order valence-corrected chi connectivity index (χ1v) is 7.83. The Morgan fingerprint density at radius 3 is 1.95 bits per heavy atom. The maximum Gasteiger partial charge on any atom is 0.168 e. The molecule has 0 amide bonds. The molecule has 0 saturated carbocycles. The van der Waals surface area contributed by atoms with E-state index in [1.54, 1.807) is 12.1 Å². The zero-order valence-electron chi connectivity index (χ0n) is 12.3. The van der Waals surface area contributed by atoms with Crippen LogP contribution in [0.2, 0.25) is 0 Å². The minimum atomic E-state index is -2.51. The topological polar surface area (TPSA) is 34.1 Å². The van der Waals surface area contributed by atoms with Crippen molar-refractivity contribution in [1.82, 2.24) is 0 Å². The van der Waals surface area contributed by atoms with E-state index in [1.807, 2.05) is 13.0 Å². The molecule has 0 bridgehead atoms. The second kappa shape index (κ2) is 5.41. The van der Waals surface area contributed by atoms with E-state index in [4.69, 9.17) is 0 Å². The number of hydrogen-bond donors (Lipinski definition) is 1. The minimum absolute atomic E-state index is 0.137. The van der Waals surface area contributed by atoms with E-state index in [2.05, 4.69) is 45.0 Å². The highest BCUT2D eigenvalue weighted by Gasteiger charge is 2.13. The zero-order valence-corrected chi connectivity index (χ0v) is 13.2. The molecule has 0 unspecified atom stereocenters. The van der Waals surface area contributed by atoms with Gasteiger partial charge in [-0.25, -0.2) is 8.42 Å². The van der Waals surface area contributed by atoms with Crippen LogP contribution in [0.25, 0.3) is 11.1 Å². The van der Waals surface area contributed by atoms with E-state index < -0.39 is 10.7 Å². The van der Waals surface area contributed by atoms with Crippen molar-refractivity contribution in [2.45, 2.75) is 38.0 Å². The highest BCUT2D eigenvalue weighted by molar-refractivity contribution is 7.72. The summed E-state index contributed by atoms with van der Waals surface area (Å²) in [6, 6.07) is 13.7. The molecule has 2 nitrogen and oxygen atoms in total. The second-order valence-corrected chi connectivity index (χ2v) is 7.11. The number of hydrogen-bond acceptors (Lipinski definition) is 2. The van der Waals surface area contributed by atoms with Gasteiger partial charge in [0.05, 0.1) is 4.90 Å². The highest BCUT2D eigenvalue weighted by Crippen LogP contribution is 2.28. The van der Waals surface area contributed by atoms with Crippen LogP contribution < -0.4 is 0 Å². The molecule has 0 aliphatic heterocycles. The smallest absolute Gasteiger partial charge is 0.168 e. The normalized spacial score (nSPS) is 11.8. The summed E-state index contributed by atoms with van der Waals surface area (Å²) in [5.41, 5.74) is 4.59.